The number of carbonyl (C=O) groups excluding carboxylic acids is 1. The summed E-state index contributed by atoms with van der Waals surface area (Å²) in [5.74, 6) is 0.155. The Labute approximate surface area is 222 Å². The summed E-state index contributed by atoms with van der Waals surface area (Å²) in [6.45, 7) is 3.77. The number of hydrogen-bond acceptors (Lipinski definition) is 5. The van der Waals surface area contributed by atoms with Gasteiger partial charge in [-0.2, -0.15) is 9.49 Å². The van der Waals surface area contributed by atoms with Crippen molar-refractivity contribution in [3.8, 4) is 5.75 Å². The standard InChI is InChI=1S/C30H32FN5O2/c1-4-24(21-9-6-5-7-10-21)29(22-12-14-26-25(19-22)30(31)35-34-26)27-15-13-23(20-33-27)38-18-17-32-16-8-11-28(37)36(2)3/h5-15,19-20,32H,4,16-18H2,1-3H3,(H,34,35)/b11-8+,29-24-. The summed E-state index contributed by atoms with van der Waals surface area (Å²) < 4.78 is 20.2. The number of aromatic amines is 1. The number of fused-ring (bicyclic) bond motifs is 1. The summed E-state index contributed by atoms with van der Waals surface area (Å²) in [6, 6.07) is 19.6. The highest BCUT2D eigenvalue weighted by atomic mass is 19.1. The van der Waals surface area contributed by atoms with E-state index in [2.05, 4.69) is 34.6 Å². The Morgan fingerprint density at radius 3 is 2.63 bits per heavy atom. The number of rotatable bonds is 11. The molecule has 0 aliphatic heterocycles. The lowest BCUT2D eigenvalue weighted by Gasteiger charge is -2.16. The van der Waals surface area contributed by atoms with Gasteiger partial charge in [0.2, 0.25) is 11.9 Å². The van der Waals surface area contributed by atoms with Crippen LogP contribution in [0.25, 0.3) is 22.0 Å². The molecule has 0 aliphatic rings. The van der Waals surface area contributed by atoms with Crippen molar-refractivity contribution in [1.29, 1.82) is 0 Å². The Morgan fingerprint density at radius 1 is 1.11 bits per heavy atom. The van der Waals surface area contributed by atoms with Crippen LogP contribution in [0.5, 0.6) is 5.75 Å². The van der Waals surface area contributed by atoms with E-state index in [1.807, 2.05) is 48.5 Å². The normalized spacial score (nSPS) is 12.1. The third-order valence-electron chi connectivity index (χ3n) is 6.08. The molecule has 0 aliphatic carbocycles. The first kappa shape index (κ1) is 26.8. The van der Waals surface area contributed by atoms with Gasteiger partial charge >= 0.3 is 0 Å². The minimum absolute atomic E-state index is 0.0454. The number of pyridine rings is 1. The van der Waals surface area contributed by atoms with Crippen molar-refractivity contribution in [2.24, 2.45) is 0 Å². The zero-order valence-corrected chi connectivity index (χ0v) is 21.9. The Bertz CT molecular complexity index is 1430. The van der Waals surface area contributed by atoms with Gasteiger partial charge in [0.05, 0.1) is 22.8 Å². The number of likely N-dealkylation sites (N-methyl/N-ethyl adjacent to an activating group) is 1. The van der Waals surface area contributed by atoms with Gasteiger partial charge in [-0.1, -0.05) is 49.4 Å². The number of carbonyl (C=O) groups is 1. The molecule has 4 rings (SSSR count). The van der Waals surface area contributed by atoms with E-state index in [1.165, 1.54) is 4.90 Å². The Morgan fingerprint density at radius 2 is 1.92 bits per heavy atom. The summed E-state index contributed by atoms with van der Waals surface area (Å²) >= 11 is 0. The van der Waals surface area contributed by atoms with Crippen molar-refractivity contribution in [2.75, 3.05) is 33.8 Å². The SMILES string of the molecule is CC/C(=C(\c1ccc2n[nH]c(F)c2c1)c1ccc(OCCNC/C=C/C(=O)N(C)C)cn1)c1ccccc1. The predicted molar refractivity (Wildman–Crippen MR) is 149 cm³/mol. The van der Waals surface area contributed by atoms with Crippen molar-refractivity contribution >= 4 is 28.0 Å². The number of halogens is 1. The topological polar surface area (TPSA) is 83.1 Å². The molecule has 196 valence electrons. The summed E-state index contributed by atoms with van der Waals surface area (Å²) in [6.07, 6.45) is 5.81. The van der Waals surface area contributed by atoms with E-state index >= 15 is 0 Å². The minimum Gasteiger partial charge on any atom is -0.491 e. The second-order valence-electron chi connectivity index (χ2n) is 8.91. The summed E-state index contributed by atoms with van der Waals surface area (Å²) in [7, 11) is 3.43. The van der Waals surface area contributed by atoms with Crippen LogP contribution >= 0.6 is 0 Å². The molecule has 0 spiro atoms. The van der Waals surface area contributed by atoms with Crippen LogP contribution in [0.3, 0.4) is 0 Å². The maximum absolute atomic E-state index is 14.3. The van der Waals surface area contributed by atoms with Gasteiger partial charge in [0.1, 0.15) is 12.4 Å². The number of aromatic nitrogens is 3. The highest BCUT2D eigenvalue weighted by molar-refractivity contribution is 5.99. The van der Waals surface area contributed by atoms with E-state index in [4.69, 9.17) is 9.72 Å². The second kappa shape index (κ2) is 12.8. The molecule has 4 aromatic rings. The maximum Gasteiger partial charge on any atom is 0.245 e. The van der Waals surface area contributed by atoms with Crippen molar-refractivity contribution in [1.82, 2.24) is 25.4 Å². The molecule has 2 aromatic heterocycles. The Hall–Kier alpha value is -4.30. The van der Waals surface area contributed by atoms with E-state index in [-0.39, 0.29) is 5.91 Å². The number of amides is 1. The van der Waals surface area contributed by atoms with Crippen molar-refractivity contribution in [3.63, 3.8) is 0 Å². The molecule has 0 unspecified atom stereocenters. The molecule has 7 nitrogen and oxygen atoms in total. The number of nitrogens with one attached hydrogen (secondary N) is 2. The first-order valence-electron chi connectivity index (χ1n) is 12.6. The Balaban J connectivity index is 1.53. The first-order valence-corrected chi connectivity index (χ1v) is 12.6. The van der Waals surface area contributed by atoms with Gasteiger partial charge < -0.3 is 15.0 Å². The Kier molecular flexibility index (Phi) is 9.00. The van der Waals surface area contributed by atoms with E-state index in [0.29, 0.717) is 36.3 Å². The minimum atomic E-state index is -0.455. The number of nitrogens with zero attached hydrogens (tertiary/aromatic N) is 3. The highest BCUT2D eigenvalue weighted by Crippen LogP contribution is 2.35. The lowest BCUT2D eigenvalue weighted by Crippen LogP contribution is -2.22. The number of H-pyrrole nitrogens is 1. The first-order chi connectivity index (χ1) is 18.5. The molecule has 2 N–H and O–H groups in total. The van der Waals surface area contributed by atoms with Crippen LogP contribution in [0.2, 0.25) is 0 Å². The third-order valence-corrected chi connectivity index (χ3v) is 6.08. The van der Waals surface area contributed by atoms with Crippen LogP contribution in [-0.2, 0) is 4.79 Å². The van der Waals surface area contributed by atoms with Crippen LogP contribution in [0, 0.1) is 5.95 Å². The molecule has 1 amide bonds. The molecule has 2 heterocycles. The van der Waals surface area contributed by atoms with E-state index < -0.39 is 5.95 Å². The summed E-state index contributed by atoms with van der Waals surface area (Å²) in [5.41, 5.74) is 5.36. The highest BCUT2D eigenvalue weighted by Gasteiger charge is 2.16. The molecule has 8 heteroatoms. The zero-order chi connectivity index (χ0) is 26.9. The molecule has 0 saturated carbocycles. The monoisotopic (exact) mass is 513 g/mol. The quantitative estimate of drug-likeness (QED) is 0.166. The van der Waals surface area contributed by atoms with Gasteiger partial charge in [0.15, 0.2) is 0 Å². The number of allylic oxidation sites excluding steroid dienone is 1. The molecule has 2 aromatic carbocycles. The van der Waals surface area contributed by atoms with Crippen molar-refractivity contribution in [3.05, 3.63) is 102 Å². The molecule has 38 heavy (non-hydrogen) atoms. The fourth-order valence-corrected chi connectivity index (χ4v) is 4.12. The third kappa shape index (κ3) is 6.52. The van der Waals surface area contributed by atoms with Crippen LogP contribution in [-0.4, -0.2) is 59.8 Å². The molecule has 0 bridgehead atoms. The van der Waals surface area contributed by atoms with Gasteiger partial charge in [-0.25, -0.2) is 0 Å². The average molecular weight is 514 g/mol. The molecule has 0 fully saturated rings. The van der Waals surface area contributed by atoms with Crippen LogP contribution in [0.15, 0.2) is 79.0 Å². The molecular weight excluding hydrogens is 481 g/mol. The number of hydrogen-bond donors (Lipinski definition) is 2. The van der Waals surface area contributed by atoms with Crippen LogP contribution in [0.4, 0.5) is 4.39 Å². The van der Waals surface area contributed by atoms with Crippen LogP contribution < -0.4 is 10.1 Å². The van der Waals surface area contributed by atoms with Crippen LogP contribution in [0.1, 0.15) is 30.2 Å². The number of ether oxygens (including phenoxy) is 1. The van der Waals surface area contributed by atoms with Crippen molar-refractivity contribution in [2.45, 2.75) is 13.3 Å². The lowest BCUT2D eigenvalue weighted by atomic mass is 9.90. The van der Waals surface area contributed by atoms with E-state index in [9.17, 15) is 9.18 Å². The molecule has 0 atom stereocenters. The average Bonchev–Trinajstić information content (AvgIpc) is 3.31. The lowest BCUT2D eigenvalue weighted by molar-refractivity contribution is -0.123. The van der Waals surface area contributed by atoms with Gasteiger partial charge in [-0.3, -0.25) is 14.9 Å². The smallest absolute Gasteiger partial charge is 0.245 e. The van der Waals surface area contributed by atoms with Gasteiger partial charge in [0, 0.05) is 38.8 Å². The summed E-state index contributed by atoms with van der Waals surface area (Å²) in [4.78, 5) is 17.8. The zero-order valence-electron chi connectivity index (χ0n) is 21.9. The van der Waals surface area contributed by atoms with Gasteiger partial charge in [0.25, 0.3) is 0 Å². The fraction of sp³-hybridized carbons (Fsp3) is 0.233. The second-order valence-corrected chi connectivity index (χ2v) is 8.91. The van der Waals surface area contributed by atoms with Gasteiger partial charge in [-0.15, -0.1) is 0 Å². The summed E-state index contributed by atoms with van der Waals surface area (Å²) in [5, 5.41) is 10.1. The fourth-order valence-electron chi connectivity index (χ4n) is 4.12. The molecular formula is C30H32FN5O2. The maximum atomic E-state index is 14.3. The van der Waals surface area contributed by atoms with Gasteiger partial charge in [-0.05, 0) is 47.4 Å². The number of benzene rings is 2. The van der Waals surface area contributed by atoms with Crippen molar-refractivity contribution < 1.29 is 13.9 Å². The molecule has 0 radical (unpaired) electrons. The predicted octanol–water partition coefficient (Wildman–Crippen LogP) is 5.08. The molecule has 0 saturated heterocycles. The van der Waals surface area contributed by atoms with E-state index in [1.54, 1.807) is 32.4 Å². The van der Waals surface area contributed by atoms with E-state index in [0.717, 1.165) is 34.4 Å². The largest absolute Gasteiger partial charge is 0.491 e.